The van der Waals surface area contributed by atoms with Gasteiger partial charge in [0.15, 0.2) is 0 Å². The number of hydrogen-bond donors (Lipinski definition) is 2. The molecule has 0 aliphatic rings. The van der Waals surface area contributed by atoms with Crippen LogP contribution in [0.1, 0.15) is 27.6 Å². The maximum Gasteiger partial charge on any atom is 0.259 e. The predicted octanol–water partition coefficient (Wildman–Crippen LogP) is 5.15. The van der Waals surface area contributed by atoms with E-state index in [2.05, 4.69) is 10.6 Å². The highest BCUT2D eigenvalue weighted by atomic mass is 19.1. The summed E-state index contributed by atoms with van der Waals surface area (Å²) in [5.41, 5.74) is -0.332. The van der Waals surface area contributed by atoms with Crippen molar-refractivity contribution in [3.8, 4) is 5.75 Å². The first kappa shape index (κ1) is 21.8. The topological polar surface area (TPSA) is 67.4 Å². The highest BCUT2D eigenvalue weighted by Gasteiger charge is 2.18. The average Bonchev–Trinajstić information content (AvgIpc) is 2.66. The molecule has 2 N–H and O–H groups in total. The van der Waals surface area contributed by atoms with Crippen LogP contribution in [0.25, 0.3) is 0 Å². The first-order valence-electron chi connectivity index (χ1n) is 9.07. The fourth-order valence-corrected chi connectivity index (χ4v) is 2.78. The van der Waals surface area contributed by atoms with Gasteiger partial charge in [0.25, 0.3) is 11.8 Å². The highest BCUT2D eigenvalue weighted by molar-refractivity contribution is 6.10. The number of rotatable bonds is 6. The minimum Gasteiger partial charge on any atom is -0.493 e. The minimum atomic E-state index is -0.879. The van der Waals surface area contributed by atoms with Gasteiger partial charge in [0, 0.05) is 29.1 Å². The van der Waals surface area contributed by atoms with Crippen molar-refractivity contribution < 1.29 is 31.9 Å². The number of nitrogens with one attached hydrogen (secondary N) is 2. The van der Waals surface area contributed by atoms with Crippen molar-refractivity contribution in [2.45, 2.75) is 6.92 Å². The number of anilines is 2. The van der Waals surface area contributed by atoms with E-state index in [0.717, 1.165) is 24.3 Å². The number of amides is 2. The van der Waals surface area contributed by atoms with Crippen LogP contribution >= 0.6 is 0 Å². The summed E-state index contributed by atoms with van der Waals surface area (Å²) in [7, 11) is 0. The van der Waals surface area contributed by atoms with E-state index in [1.807, 2.05) is 0 Å². The van der Waals surface area contributed by atoms with Gasteiger partial charge in [0.2, 0.25) is 0 Å². The van der Waals surface area contributed by atoms with Crippen molar-refractivity contribution in [2.75, 3.05) is 17.2 Å². The Balaban J connectivity index is 1.89. The quantitative estimate of drug-likeness (QED) is 0.530. The Kier molecular flexibility index (Phi) is 6.54. The van der Waals surface area contributed by atoms with Crippen molar-refractivity contribution in [3.63, 3.8) is 0 Å². The van der Waals surface area contributed by atoms with Gasteiger partial charge in [-0.1, -0.05) is 0 Å². The first-order valence-corrected chi connectivity index (χ1v) is 9.07. The average molecular weight is 432 g/mol. The van der Waals surface area contributed by atoms with E-state index in [1.54, 1.807) is 6.92 Å². The van der Waals surface area contributed by atoms with E-state index >= 15 is 0 Å². The lowest BCUT2D eigenvalue weighted by Gasteiger charge is -2.13. The van der Waals surface area contributed by atoms with Crippen molar-refractivity contribution in [1.29, 1.82) is 0 Å². The number of benzene rings is 3. The van der Waals surface area contributed by atoms with Gasteiger partial charge in [-0.3, -0.25) is 9.59 Å². The van der Waals surface area contributed by atoms with E-state index in [0.29, 0.717) is 12.1 Å². The third kappa shape index (κ3) is 5.59. The third-order valence-corrected chi connectivity index (χ3v) is 4.03. The Morgan fingerprint density at radius 3 is 1.71 bits per heavy atom. The predicted molar refractivity (Wildman–Crippen MR) is 106 cm³/mol. The van der Waals surface area contributed by atoms with Crippen molar-refractivity contribution in [3.05, 3.63) is 89.0 Å². The van der Waals surface area contributed by atoms with Crippen molar-refractivity contribution in [1.82, 2.24) is 0 Å². The molecular weight excluding hydrogens is 416 g/mol. The lowest BCUT2D eigenvalue weighted by molar-refractivity contribution is 0.102. The molecule has 5 nitrogen and oxygen atoms in total. The standard InChI is InChI=1S/C22H16F4N2O3/c1-2-31-20-4-3-12(21(29)27-17-8-13(23)6-14(24)9-17)5-19(20)22(30)28-18-10-15(25)7-16(26)11-18/h3-11H,2H2,1H3,(H,27,29)(H,28,30). The largest absolute Gasteiger partial charge is 0.493 e. The molecule has 0 heterocycles. The summed E-state index contributed by atoms with van der Waals surface area (Å²) in [6.45, 7) is 1.89. The molecule has 0 saturated heterocycles. The maximum atomic E-state index is 13.4. The van der Waals surface area contributed by atoms with Crippen LogP contribution in [0.15, 0.2) is 54.6 Å². The van der Waals surface area contributed by atoms with Crippen LogP contribution < -0.4 is 15.4 Å². The molecule has 0 bridgehead atoms. The zero-order valence-electron chi connectivity index (χ0n) is 16.1. The molecule has 3 aromatic rings. The Morgan fingerprint density at radius 2 is 1.23 bits per heavy atom. The normalized spacial score (nSPS) is 10.5. The number of halogens is 4. The number of ether oxygens (including phenoxy) is 1. The minimum absolute atomic E-state index is 0.0105. The monoisotopic (exact) mass is 432 g/mol. The summed E-state index contributed by atoms with van der Waals surface area (Å²) < 4.78 is 58.8. The molecule has 0 atom stereocenters. The molecule has 0 aliphatic carbocycles. The summed E-state index contributed by atoms with van der Waals surface area (Å²) in [6.07, 6.45) is 0. The zero-order valence-corrected chi connectivity index (χ0v) is 16.1. The summed E-state index contributed by atoms with van der Waals surface area (Å²) in [6, 6.07) is 8.95. The highest BCUT2D eigenvalue weighted by Crippen LogP contribution is 2.24. The summed E-state index contributed by atoms with van der Waals surface area (Å²) in [5, 5.41) is 4.67. The van der Waals surface area contributed by atoms with Crippen LogP contribution in [-0.2, 0) is 0 Å². The zero-order chi connectivity index (χ0) is 22.5. The van der Waals surface area contributed by atoms with Gasteiger partial charge in [-0.05, 0) is 49.4 Å². The van der Waals surface area contributed by atoms with E-state index < -0.39 is 35.1 Å². The summed E-state index contributed by atoms with van der Waals surface area (Å²) >= 11 is 0. The number of hydrogen-bond acceptors (Lipinski definition) is 3. The van der Waals surface area contributed by atoms with Gasteiger partial charge < -0.3 is 15.4 Å². The SMILES string of the molecule is CCOc1ccc(C(=O)Nc2cc(F)cc(F)c2)cc1C(=O)Nc1cc(F)cc(F)c1. The Morgan fingerprint density at radius 1 is 0.742 bits per heavy atom. The van der Waals surface area contributed by atoms with E-state index in [1.165, 1.54) is 18.2 Å². The van der Waals surface area contributed by atoms with Gasteiger partial charge in [0.05, 0.1) is 12.2 Å². The fourth-order valence-electron chi connectivity index (χ4n) is 2.78. The summed E-state index contributed by atoms with van der Waals surface area (Å²) in [4.78, 5) is 25.2. The fraction of sp³-hybridized carbons (Fsp3) is 0.0909. The molecule has 9 heteroatoms. The molecule has 0 spiro atoms. The van der Waals surface area contributed by atoms with Gasteiger partial charge in [-0.15, -0.1) is 0 Å². The molecule has 0 saturated carbocycles. The number of carbonyl (C=O) groups excluding carboxylic acids is 2. The Hall–Kier alpha value is -3.88. The molecule has 2 amide bonds. The molecule has 0 aliphatic heterocycles. The lowest BCUT2D eigenvalue weighted by Crippen LogP contribution is -2.17. The molecular formula is C22H16F4N2O3. The summed E-state index contributed by atoms with van der Waals surface area (Å²) in [5.74, 6) is -4.88. The lowest BCUT2D eigenvalue weighted by atomic mass is 10.1. The van der Waals surface area contributed by atoms with Crippen LogP contribution in [0, 0.1) is 23.3 Å². The molecule has 3 rings (SSSR count). The molecule has 160 valence electrons. The van der Waals surface area contributed by atoms with Crippen LogP contribution in [0.5, 0.6) is 5.75 Å². The first-order chi connectivity index (χ1) is 14.7. The van der Waals surface area contributed by atoms with Gasteiger partial charge in [0.1, 0.15) is 29.0 Å². The van der Waals surface area contributed by atoms with Gasteiger partial charge >= 0.3 is 0 Å². The van der Waals surface area contributed by atoms with Crippen LogP contribution in [0.3, 0.4) is 0 Å². The second-order valence-corrected chi connectivity index (χ2v) is 6.37. The third-order valence-electron chi connectivity index (χ3n) is 4.03. The second kappa shape index (κ2) is 9.29. The maximum absolute atomic E-state index is 13.4. The molecule has 0 unspecified atom stereocenters. The van der Waals surface area contributed by atoms with E-state index in [-0.39, 0.29) is 34.9 Å². The van der Waals surface area contributed by atoms with Gasteiger partial charge in [-0.25, -0.2) is 17.6 Å². The number of carbonyl (C=O) groups is 2. The smallest absolute Gasteiger partial charge is 0.259 e. The van der Waals surface area contributed by atoms with Crippen molar-refractivity contribution in [2.24, 2.45) is 0 Å². The molecule has 0 radical (unpaired) electrons. The molecule has 31 heavy (non-hydrogen) atoms. The second-order valence-electron chi connectivity index (χ2n) is 6.37. The Labute approximate surface area is 174 Å². The molecule has 0 fully saturated rings. The van der Waals surface area contributed by atoms with Crippen molar-refractivity contribution >= 4 is 23.2 Å². The van der Waals surface area contributed by atoms with Gasteiger partial charge in [-0.2, -0.15) is 0 Å². The van der Waals surface area contributed by atoms with Crippen LogP contribution in [-0.4, -0.2) is 18.4 Å². The van der Waals surface area contributed by atoms with E-state index in [4.69, 9.17) is 4.74 Å². The molecule has 0 aromatic heterocycles. The van der Waals surface area contributed by atoms with Crippen LogP contribution in [0.4, 0.5) is 28.9 Å². The van der Waals surface area contributed by atoms with Crippen LogP contribution in [0.2, 0.25) is 0 Å². The Bertz CT molecular complexity index is 1110. The molecule has 3 aromatic carbocycles. The van der Waals surface area contributed by atoms with E-state index in [9.17, 15) is 27.2 Å².